The van der Waals surface area contributed by atoms with Gasteiger partial charge in [-0.1, -0.05) is 24.3 Å². The van der Waals surface area contributed by atoms with Gasteiger partial charge in [0.2, 0.25) is 0 Å². The van der Waals surface area contributed by atoms with Gasteiger partial charge in [0.25, 0.3) is 0 Å². The van der Waals surface area contributed by atoms with Crippen molar-refractivity contribution in [1.82, 2.24) is 20.2 Å². The number of methoxy groups -OCH3 is 1. The average Bonchev–Trinajstić information content (AvgIpc) is 3.46. The molecule has 2 aliphatic carbocycles. The van der Waals surface area contributed by atoms with Gasteiger partial charge in [-0.2, -0.15) is 5.10 Å². The molecular weight excluding hydrogens is 376 g/mol. The molecule has 0 spiro atoms. The highest BCUT2D eigenvalue weighted by Crippen LogP contribution is 2.43. The van der Waals surface area contributed by atoms with E-state index in [9.17, 15) is 5.11 Å². The molecule has 6 nitrogen and oxygen atoms in total. The number of rotatable bonds is 4. The second kappa shape index (κ2) is 6.64. The lowest BCUT2D eigenvalue weighted by Crippen LogP contribution is -2.16. The van der Waals surface area contributed by atoms with E-state index in [1.54, 1.807) is 7.11 Å². The van der Waals surface area contributed by atoms with E-state index in [-0.39, 0.29) is 5.92 Å². The first kappa shape index (κ1) is 17.6. The number of aromatic amines is 1. The molecule has 0 aliphatic heterocycles. The molecule has 2 atom stereocenters. The Balaban J connectivity index is 1.49. The molecule has 1 saturated carbocycles. The Labute approximate surface area is 174 Å². The largest absolute Gasteiger partial charge is 0.495 e. The lowest BCUT2D eigenvalue weighted by molar-refractivity contribution is 0.167. The first-order valence-corrected chi connectivity index (χ1v) is 10.4. The second-order valence-electron chi connectivity index (χ2n) is 8.24. The first-order valence-electron chi connectivity index (χ1n) is 10.4. The fourth-order valence-electron chi connectivity index (χ4n) is 4.60. The van der Waals surface area contributed by atoms with Crippen LogP contribution in [0.25, 0.3) is 22.3 Å². The molecule has 6 rings (SSSR count). The van der Waals surface area contributed by atoms with Crippen molar-refractivity contribution in [2.24, 2.45) is 0 Å². The predicted molar refractivity (Wildman–Crippen MR) is 114 cm³/mol. The van der Waals surface area contributed by atoms with Gasteiger partial charge in [0.05, 0.1) is 30.3 Å². The summed E-state index contributed by atoms with van der Waals surface area (Å²) in [5, 5.41) is 18.4. The van der Waals surface area contributed by atoms with Crippen molar-refractivity contribution in [2.75, 3.05) is 7.11 Å². The third-order valence-corrected chi connectivity index (χ3v) is 6.30. The van der Waals surface area contributed by atoms with Crippen LogP contribution in [0, 0.1) is 0 Å². The number of fused-ring (bicyclic) bond motifs is 2. The minimum Gasteiger partial charge on any atom is -0.495 e. The smallest absolute Gasteiger partial charge is 0.143 e. The van der Waals surface area contributed by atoms with Gasteiger partial charge >= 0.3 is 0 Å². The van der Waals surface area contributed by atoms with Crippen LogP contribution in [0.3, 0.4) is 0 Å². The molecule has 1 aromatic carbocycles. The highest BCUT2D eigenvalue weighted by atomic mass is 16.5. The van der Waals surface area contributed by atoms with E-state index in [0.717, 1.165) is 44.8 Å². The zero-order chi connectivity index (χ0) is 20.2. The number of aromatic nitrogens is 4. The monoisotopic (exact) mass is 398 g/mol. The van der Waals surface area contributed by atoms with Crippen LogP contribution in [0.1, 0.15) is 47.2 Å². The van der Waals surface area contributed by atoms with Gasteiger partial charge < -0.3 is 9.84 Å². The van der Waals surface area contributed by atoms with Crippen molar-refractivity contribution in [3.63, 3.8) is 0 Å². The standard InChI is InChI=1S/C24H22N4O2/c1-30-20-11-18-23(22(28-27-18)15-8-9-17(25-12-15)13-6-7-13)26-24(20)21-16-5-3-2-4-14(16)10-19(21)29/h2-5,8-9,11-13,19,21,29H,6-7,10H2,1H3,(H,27,28). The van der Waals surface area contributed by atoms with Gasteiger partial charge in [0, 0.05) is 29.4 Å². The van der Waals surface area contributed by atoms with E-state index < -0.39 is 6.10 Å². The molecule has 2 aliphatic rings. The molecule has 6 heteroatoms. The lowest BCUT2D eigenvalue weighted by atomic mass is 9.94. The minimum atomic E-state index is -0.531. The number of pyridine rings is 2. The van der Waals surface area contributed by atoms with Crippen LogP contribution in [-0.4, -0.2) is 38.5 Å². The van der Waals surface area contributed by atoms with E-state index in [1.807, 2.05) is 24.4 Å². The third-order valence-electron chi connectivity index (χ3n) is 6.30. The molecule has 0 radical (unpaired) electrons. The fourth-order valence-corrected chi connectivity index (χ4v) is 4.60. The maximum atomic E-state index is 10.9. The van der Waals surface area contributed by atoms with Crippen LogP contribution >= 0.6 is 0 Å². The van der Waals surface area contributed by atoms with Crippen LogP contribution in [-0.2, 0) is 6.42 Å². The maximum absolute atomic E-state index is 10.9. The third kappa shape index (κ3) is 2.71. The number of hydrogen-bond donors (Lipinski definition) is 2. The summed E-state index contributed by atoms with van der Waals surface area (Å²) in [7, 11) is 1.64. The van der Waals surface area contributed by atoms with E-state index in [0.29, 0.717) is 18.1 Å². The van der Waals surface area contributed by atoms with Crippen molar-refractivity contribution < 1.29 is 9.84 Å². The second-order valence-corrected chi connectivity index (χ2v) is 8.24. The van der Waals surface area contributed by atoms with Crippen LogP contribution < -0.4 is 4.74 Å². The SMILES string of the molecule is COc1cc2[nH]nc(-c3ccc(C4CC4)nc3)c2nc1C1c2ccccc2CC1O. The Kier molecular flexibility index (Phi) is 3.89. The fraction of sp³-hybridized carbons (Fsp3) is 0.292. The summed E-state index contributed by atoms with van der Waals surface area (Å²) in [4.78, 5) is 9.61. The molecule has 0 amide bonds. The van der Waals surface area contributed by atoms with Crippen molar-refractivity contribution >= 4 is 11.0 Å². The molecule has 150 valence electrons. The molecule has 0 saturated heterocycles. The van der Waals surface area contributed by atoms with Crippen LogP contribution in [0.2, 0.25) is 0 Å². The number of aliphatic hydroxyl groups excluding tert-OH is 1. The van der Waals surface area contributed by atoms with Crippen LogP contribution in [0.5, 0.6) is 5.75 Å². The van der Waals surface area contributed by atoms with Crippen LogP contribution in [0.15, 0.2) is 48.7 Å². The van der Waals surface area contributed by atoms with E-state index in [1.165, 1.54) is 12.8 Å². The zero-order valence-corrected chi connectivity index (χ0v) is 16.7. The van der Waals surface area contributed by atoms with E-state index in [2.05, 4.69) is 39.4 Å². The Morgan fingerprint density at radius 2 is 2.00 bits per heavy atom. The van der Waals surface area contributed by atoms with E-state index in [4.69, 9.17) is 9.72 Å². The van der Waals surface area contributed by atoms with Gasteiger partial charge in [-0.05, 0) is 42.5 Å². The summed E-state index contributed by atoms with van der Waals surface area (Å²) in [6.45, 7) is 0. The predicted octanol–water partition coefficient (Wildman–Crippen LogP) is 3.95. The molecule has 30 heavy (non-hydrogen) atoms. The summed E-state index contributed by atoms with van der Waals surface area (Å²) in [6, 6.07) is 14.2. The topological polar surface area (TPSA) is 83.9 Å². The first-order chi connectivity index (χ1) is 14.7. The number of nitrogens with zero attached hydrogens (tertiary/aromatic N) is 3. The average molecular weight is 398 g/mol. The van der Waals surface area contributed by atoms with Crippen molar-refractivity contribution in [3.05, 3.63) is 71.2 Å². The van der Waals surface area contributed by atoms with Gasteiger partial charge in [0.15, 0.2) is 0 Å². The Morgan fingerprint density at radius 3 is 2.77 bits per heavy atom. The minimum absolute atomic E-state index is 0.223. The number of benzene rings is 1. The summed E-state index contributed by atoms with van der Waals surface area (Å²) in [5.74, 6) is 1.05. The van der Waals surface area contributed by atoms with E-state index >= 15 is 0 Å². The molecule has 2 N–H and O–H groups in total. The lowest BCUT2D eigenvalue weighted by Gasteiger charge is -2.18. The van der Waals surface area contributed by atoms with Crippen molar-refractivity contribution in [1.29, 1.82) is 0 Å². The number of aliphatic hydroxyl groups is 1. The molecule has 3 aromatic heterocycles. The number of ether oxygens (including phenoxy) is 1. The summed E-state index contributed by atoms with van der Waals surface area (Å²) >= 11 is 0. The van der Waals surface area contributed by atoms with Gasteiger partial charge in [0.1, 0.15) is 17.0 Å². The molecule has 3 heterocycles. The van der Waals surface area contributed by atoms with Gasteiger partial charge in [-0.25, -0.2) is 4.98 Å². The molecule has 1 fully saturated rings. The molecule has 2 unspecified atom stereocenters. The maximum Gasteiger partial charge on any atom is 0.143 e. The number of hydrogen-bond acceptors (Lipinski definition) is 5. The van der Waals surface area contributed by atoms with Crippen LogP contribution in [0.4, 0.5) is 0 Å². The number of H-pyrrole nitrogens is 1. The highest BCUT2D eigenvalue weighted by Gasteiger charge is 2.35. The zero-order valence-electron chi connectivity index (χ0n) is 16.7. The van der Waals surface area contributed by atoms with Crippen molar-refractivity contribution in [3.8, 4) is 17.0 Å². The molecule has 0 bridgehead atoms. The quantitative estimate of drug-likeness (QED) is 0.544. The Bertz CT molecular complexity index is 1240. The molecular formula is C24H22N4O2. The Hall–Kier alpha value is -3.25. The number of nitrogens with one attached hydrogen (secondary N) is 1. The van der Waals surface area contributed by atoms with Gasteiger partial charge in [-0.3, -0.25) is 10.1 Å². The van der Waals surface area contributed by atoms with Gasteiger partial charge in [-0.15, -0.1) is 0 Å². The van der Waals surface area contributed by atoms with Crippen molar-refractivity contribution in [2.45, 2.75) is 37.2 Å². The Morgan fingerprint density at radius 1 is 1.13 bits per heavy atom. The summed E-state index contributed by atoms with van der Waals surface area (Å²) in [6.07, 6.45) is 4.43. The summed E-state index contributed by atoms with van der Waals surface area (Å²) in [5.41, 5.74) is 7.43. The highest BCUT2D eigenvalue weighted by molar-refractivity contribution is 5.90. The normalized spacial score (nSPS) is 20.5. The molecule has 4 aromatic rings. The summed E-state index contributed by atoms with van der Waals surface area (Å²) < 4.78 is 5.66.